The van der Waals surface area contributed by atoms with E-state index in [0.717, 1.165) is 12.8 Å². The highest BCUT2D eigenvalue weighted by molar-refractivity contribution is 5.66. The number of carboxylic acids is 1. The number of hydrogen-bond donors (Lipinski definition) is 1. The zero-order valence-electron chi connectivity index (χ0n) is 31.3. The van der Waals surface area contributed by atoms with Crippen LogP contribution < -0.4 is 17.0 Å². The monoisotopic (exact) mass is 702 g/mol. The van der Waals surface area contributed by atoms with Crippen molar-refractivity contribution in [1.29, 1.82) is 0 Å². The molecule has 3 nitrogen and oxygen atoms in total. The van der Waals surface area contributed by atoms with E-state index in [9.17, 15) is 9.90 Å². The Morgan fingerprint density at radius 2 is 0.556 bits per heavy atom. The van der Waals surface area contributed by atoms with Gasteiger partial charge in [0.25, 0.3) is 0 Å². The second-order valence-electron chi connectivity index (χ2n) is 14.6. The minimum absolute atomic E-state index is 0. The molecule has 4 heteroatoms. The highest BCUT2D eigenvalue weighted by Gasteiger charge is 2.26. The predicted molar refractivity (Wildman–Crippen MR) is 197 cm³/mol. The average molecular weight is 703 g/mol. The molecule has 0 heterocycles. The molecule has 0 rings (SSSR count). The highest BCUT2D eigenvalue weighted by atomic mass is 79.9. The molecule has 0 unspecified atom stereocenters. The van der Waals surface area contributed by atoms with Gasteiger partial charge in [0.2, 0.25) is 0 Å². The Morgan fingerprint density at radius 3 is 0.778 bits per heavy atom. The lowest BCUT2D eigenvalue weighted by atomic mass is 10.0. The van der Waals surface area contributed by atoms with Crippen molar-refractivity contribution in [2.75, 3.05) is 26.2 Å². The van der Waals surface area contributed by atoms with Crippen LogP contribution >= 0.6 is 0 Å². The molecule has 0 aromatic rings. The lowest BCUT2D eigenvalue weighted by molar-refractivity contribution is -0.929. The summed E-state index contributed by atoms with van der Waals surface area (Å²) < 4.78 is 1.28. The number of rotatable bonds is 38. The van der Waals surface area contributed by atoms with Gasteiger partial charge in [0.15, 0.2) is 0 Å². The third kappa shape index (κ3) is 35.0. The van der Waals surface area contributed by atoms with E-state index in [1.165, 1.54) is 223 Å². The fourth-order valence-electron chi connectivity index (χ4n) is 7.20. The van der Waals surface area contributed by atoms with Crippen molar-refractivity contribution >= 4 is 5.97 Å². The molecule has 0 aliphatic heterocycles. The molecular weight excluding hydrogens is 618 g/mol. The summed E-state index contributed by atoms with van der Waals surface area (Å²) in [6.45, 7) is 12.1. The summed E-state index contributed by atoms with van der Waals surface area (Å²) in [6, 6.07) is 0. The molecule has 0 aliphatic rings. The van der Waals surface area contributed by atoms with Crippen molar-refractivity contribution < 1.29 is 31.4 Å². The number of quaternary nitrogens is 1. The summed E-state index contributed by atoms with van der Waals surface area (Å²) in [5.74, 6) is -0.623. The Balaban J connectivity index is 0. The average Bonchev–Trinajstić information content (AvgIpc) is 3.02. The van der Waals surface area contributed by atoms with E-state index in [4.69, 9.17) is 0 Å². The molecule has 272 valence electrons. The summed E-state index contributed by atoms with van der Waals surface area (Å²) in [6.07, 6.45) is 44.4. The van der Waals surface area contributed by atoms with Crippen molar-refractivity contribution in [3.63, 3.8) is 0 Å². The molecular formula is C41H84BrNO2. The highest BCUT2D eigenvalue weighted by Crippen LogP contribution is 2.21. The van der Waals surface area contributed by atoms with E-state index in [1.807, 2.05) is 0 Å². The number of aliphatic carboxylic acids is 1. The van der Waals surface area contributed by atoms with E-state index in [1.54, 1.807) is 0 Å². The number of hydrogen-bond acceptors (Lipinski definition) is 1. The lowest BCUT2D eigenvalue weighted by Gasteiger charge is -2.39. The van der Waals surface area contributed by atoms with Gasteiger partial charge in [-0.05, 0) is 51.4 Å². The Kier molecular flexibility index (Phi) is 40.1. The van der Waals surface area contributed by atoms with Crippen LogP contribution in [-0.4, -0.2) is 41.7 Å². The number of halogens is 1. The maximum Gasteiger partial charge on any atom is 0.303 e. The zero-order chi connectivity index (χ0) is 32.2. The van der Waals surface area contributed by atoms with Crippen LogP contribution in [0.3, 0.4) is 0 Å². The van der Waals surface area contributed by atoms with Crippen molar-refractivity contribution in [2.45, 2.75) is 233 Å². The third-order valence-corrected chi connectivity index (χ3v) is 10.2. The first-order valence-electron chi connectivity index (χ1n) is 20.7. The molecule has 0 amide bonds. The molecule has 0 saturated carbocycles. The van der Waals surface area contributed by atoms with E-state index in [2.05, 4.69) is 20.8 Å². The topological polar surface area (TPSA) is 37.3 Å². The van der Waals surface area contributed by atoms with Gasteiger partial charge in [-0.15, -0.1) is 0 Å². The van der Waals surface area contributed by atoms with Gasteiger partial charge in [0.05, 0.1) is 26.2 Å². The summed E-state index contributed by atoms with van der Waals surface area (Å²) in [7, 11) is 0. The summed E-state index contributed by atoms with van der Waals surface area (Å²) in [5, 5.41) is 9.25. The van der Waals surface area contributed by atoms with Crippen LogP contribution in [0.4, 0.5) is 0 Å². The maximum atomic E-state index is 11.2. The van der Waals surface area contributed by atoms with Crippen LogP contribution in [-0.2, 0) is 4.79 Å². The van der Waals surface area contributed by atoms with E-state index >= 15 is 0 Å². The Hall–Kier alpha value is -0.0900. The fourth-order valence-corrected chi connectivity index (χ4v) is 7.20. The second kappa shape index (κ2) is 38.4. The van der Waals surface area contributed by atoms with Crippen molar-refractivity contribution in [2.24, 2.45) is 0 Å². The molecule has 45 heavy (non-hydrogen) atoms. The molecule has 0 saturated heterocycles. The fraction of sp³-hybridized carbons (Fsp3) is 0.976. The van der Waals surface area contributed by atoms with Crippen LogP contribution in [0.5, 0.6) is 0 Å². The predicted octanol–water partition coefficient (Wildman–Crippen LogP) is 10.8. The molecule has 1 N–H and O–H groups in total. The lowest BCUT2D eigenvalue weighted by Crippen LogP contribution is -3.00. The minimum Gasteiger partial charge on any atom is -1.00 e. The number of unbranched alkanes of at least 4 members (excludes halogenated alkanes) is 28. The molecule has 0 bridgehead atoms. The standard InChI is InChI=1S/C41H83NO2.BrH/c1-4-7-10-13-16-19-22-25-28-32-37-42(40-35-31-36-41(43)44,38-33-29-26-23-20-17-14-11-8-5-2)39-34-30-27-24-21-18-15-12-9-6-3;/h4-40H2,1-3H3;1H. The van der Waals surface area contributed by atoms with Gasteiger partial charge in [-0.2, -0.15) is 0 Å². The molecule has 0 aromatic heterocycles. The van der Waals surface area contributed by atoms with Gasteiger partial charge >= 0.3 is 5.97 Å². The van der Waals surface area contributed by atoms with Gasteiger partial charge in [-0.3, -0.25) is 4.79 Å². The van der Waals surface area contributed by atoms with Crippen molar-refractivity contribution in [3.05, 3.63) is 0 Å². The Morgan fingerprint density at radius 1 is 0.356 bits per heavy atom. The number of carboxylic acid groups (broad SMARTS) is 1. The first-order valence-corrected chi connectivity index (χ1v) is 20.7. The number of nitrogens with zero attached hydrogens (tertiary/aromatic N) is 1. The molecule has 0 aliphatic carbocycles. The summed E-state index contributed by atoms with van der Waals surface area (Å²) in [4.78, 5) is 11.2. The Bertz CT molecular complexity index is 510. The van der Waals surface area contributed by atoms with Gasteiger partial charge in [0, 0.05) is 6.42 Å². The smallest absolute Gasteiger partial charge is 0.303 e. The zero-order valence-corrected chi connectivity index (χ0v) is 32.9. The van der Waals surface area contributed by atoms with Gasteiger partial charge in [-0.1, -0.05) is 175 Å². The minimum atomic E-state index is -0.623. The SMILES string of the molecule is CCCCCCCCCCCC[N+](CCCCCCCCCCCC)(CCCCCCCCCCCC)CCCCC(=O)O.[Br-]. The quantitative estimate of drug-likeness (QED) is 0.0514. The van der Waals surface area contributed by atoms with Crippen LogP contribution in [0.25, 0.3) is 0 Å². The first kappa shape index (κ1) is 47.0. The van der Waals surface area contributed by atoms with Crippen LogP contribution in [0.1, 0.15) is 233 Å². The van der Waals surface area contributed by atoms with Crippen LogP contribution in [0.2, 0.25) is 0 Å². The summed E-state index contributed by atoms with van der Waals surface area (Å²) in [5.41, 5.74) is 0. The van der Waals surface area contributed by atoms with Gasteiger partial charge < -0.3 is 26.6 Å². The first-order chi connectivity index (χ1) is 21.6. The molecule has 0 aromatic carbocycles. The normalized spacial score (nSPS) is 11.6. The molecule has 0 radical (unpaired) electrons. The van der Waals surface area contributed by atoms with E-state index in [0.29, 0.717) is 6.42 Å². The van der Waals surface area contributed by atoms with E-state index < -0.39 is 5.97 Å². The van der Waals surface area contributed by atoms with Crippen molar-refractivity contribution in [3.8, 4) is 0 Å². The third-order valence-electron chi connectivity index (χ3n) is 10.2. The Labute approximate surface area is 295 Å². The van der Waals surface area contributed by atoms with Gasteiger partial charge in [0.1, 0.15) is 0 Å². The van der Waals surface area contributed by atoms with Crippen molar-refractivity contribution in [1.82, 2.24) is 0 Å². The van der Waals surface area contributed by atoms with E-state index in [-0.39, 0.29) is 17.0 Å². The van der Waals surface area contributed by atoms with Crippen LogP contribution in [0, 0.1) is 0 Å². The second-order valence-corrected chi connectivity index (χ2v) is 14.6. The summed E-state index contributed by atoms with van der Waals surface area (Å²) >= 11 is 0. The van der Waals surface area contributed by atoms with Crippen LogP contribution in [0.15, 0.2) is 0 Å². The molecule has 0 fully saturated rings. The largest absolute Gasteiger partial charge is 1.00 e. The number of carbonyl (C=O) groups is 1. The maximum absolute atomic E-state index is 11.2. The molecule has 0 atom stereocenters. The van der Waals surface area contributed by atoms with Gasteiger partial charge in [-0.25, -0.2) is 0 Å². The molecule has 0 spiro atoms.